The first-order valence-corrected chi connectivity index (χ1v) is 8.14. The lowest BCUT2D eigenvalue weighted by Crippen LogP contribution is -2.34. The summed E-state index contributed by atoms with van der Waals surface area (Å²) >= 11 is 0. The SMILES string of the molecule is COC(=O)c1ccc(S(=O)(=O)N[C@H](C)Cc2ccco2)cc1. The molecular weight excluding hydrogens is 306 g/mol. The average molecular weight is 323 g/mol. The van der Waals surface area contributed by atoms with Gasteiger partial charge in [-0.2, -0.15) is 0 Å². The number of methoxy groups -OCH3 is 1. The van der Waals surface area contributed by atoms with Gasteiger partial charge < -0.3 is 9.15 Å². The number of rotatable bonds is 6. The van der Waals surface area contributed by atoms with Crippen molar-refractivity contribution < 1.29 is 22.4 Å². The summed E-state index contributed by atoms with van der Waals surface area (Å²) in [5.74, 6) is 0.194. The van der Waals surface area contributed by atoms with Crippen LogP contribution >= 0.6 is 0 Å². The van der Waals surface area contributed by atoms with Crippen LogP contribution in [0.25, 0.3) is 0 Å². The van der Waals surface area contributed by atoms with E-state index < -0.39 is 16.0 Å². The third-order valence-corrected chi connectivity index (χ3v) is 4.63. The van der Waals surface area contributed by atoms with Crippen LogP contribution in [0, 0.1) is 0 Å². The maximum absolute atomic E-state index is 12.3. The Balaban J connectivity index is 2.07. The van der Waals surface area contributed by atoms with Crippen molar-refractivity contribution in [2.45, 2.75) is 24.3 Å². The topological polar surface area (TPSA) is 85.6 Å². The Morgan fingerprint density at radius 2 is 1.95 bits per heavy atom. The quantitative estimate of drug-likeness (QED) is 0.822. The van der Waals surface area contributed by atoms with Gasteiger partial charge in [-0.15, -0.1) is 0 Å². The number of benzene rings is 1. The molecular formula is C15H17NO5S. The summed E-state index contributed by atoms with van der Waals surface area (Å²) in [4.78, 5) is 11.4. The van der Waals surface area contributed by atoms with Crippen LogP contribution in [-0.4, -0.2) is 27.5 Å². The Kier molecular flexibility index (Phi) is 4.99. The van der Waals surface area contributed by atoms with Gasteiger partial charge in [-0.25, -0.2) is 17.9 Å². The summed E-state index contributed by atoms with van der Waals surface area (Å²) in [5.41, 5.74) is 0.296. The summed E-state index contributed by atoms with van der Waals surface area (Å²) in [5, 5.41) is 0. The Bertz CT molecular complexity index is 720. The van der Waals surface area contributed by atoms with E-state index in [2.05, 4.69) is 9.46 Å². The molecule has 6 nitrogen and oxygen atoms in total. The summed E-state index contributed by atoms with van der Waals surface area (Å²) in [6.45, 7) is 1.75. The van der Waals surface area contributed by atoms with Gasteiger partial charge in [0.1, 0.15) is 5.76 Å². The van der Waals surface area contributed by atoms with Gasteiger partial charge in [-0.05, 0) is 43.3 Å². The van der Waals surface area contributed by atoms with Crippen molar-refractivity contribution in [3.8, 4) is 0 Å². The second-order valence-corrected chi connectivity index (χ2v) is 6.54. The van der Waals surface area contributed by atoms with E-state index >= 15 is 0 Å². The lowest BCUT2D eigenvalue weighted by atomic mass is 10.2. The van der Waals surface area contributed by atoms with Gasteiger partial charge in [0.25, 0.3) is 0 Å². The minimum absolute atomic E-state index is 0.0893. The lowest BCUT2D eigenvalue weighted by molar-refractivity contribution is 0.0600. The number of ether oxygens (including phenoxy) is 1. The van der Waals surface area contributed by atoms with Crippen molar-refractivity contribution in [2.24, 2.45) is 0 Å². The molecule has 2 aromatic rings. The highest BCUT2D eigenvalue weighted by atomic mass is 32.2. The molecule has 7 heteroatoms. The van der Waals surface area contributed by atoms with Crippen molar-refractivity contribution in [2.75, 3.05) is 7.11 Å². The normalized spacial score (nSPS) is 12.8. The molecule has 0 radical (unpaired) electrons. The minimum atomic E-state index is -3.66. The molecule has 0 saturated heterocycles. The highest BCUT2D eigenvalue weighted by Gasteiger charge is 2.18. The molecule has 1 aromatic heterocycles. The van der Waals surface area contributed by atoms with E-state index in [1.54, 1.807) is 25.3 Å². The van der Waals surface area contributed by atoms with E-state index in [4.69, 9.17) is 4.42 Å². The first-order valence-electron chi connectivity index (χ1n) is 6.65. The number of nitrogens with one attached hydrogen (secondary N) is 1. The molecule has 0 aliphatic rings. The molecule has 0 bridgehead atoms. The summed E-state index contributed by atoms with van der Waals surface area (Å²) in [6.07, 6.45) is 1.99. The number of carbonyl (C=O) groups is 1. The van der Waals surface area contributed by atoms with Gasteiger partial charge in [0.2, 0.25) is 10.0 Å². The van der Waals surface area contributed by atoms with E-state index in [1.165, 1.54) is 31.4 Å². The molecule has 1 N–H and O–H groups in total. The smallest absolute Gasteiger partial charge is 0.337 e. The molecule has 118 valence electrons. The van der Waals surface area contributed by atoms with Gasteiger partial charge in [-0.3, -0.25) is 0 Å². The van der Waals surface area contributed by atoms with E-state index in [9.17, 15) is 13.2 Å². The Morgan fingerprint density at radius 1 is 1.27 bits per heavy atom. The molecule has 2 rings (SSSR count). The lowest BCUT2D eigenvalue weighted by Gasteiger charge is -2.13. The maximum Gasteiger partial charge on any atom is 0.337 e. The monoisotopic (exact) mass is 323 g/mol. The molecule has 0 unspecified atom stereocenters. The highest BCUT2D eigenvalue weighted by molar-refractivity contribution is 7.89. The van der Waals surface area contributed by atoms with Crippen LogP contribution in [0.4, 0.5) is 0 Å². The zero-order valence-corrected chi connectivity index (χ0v) is 13.1. The van der Waals surface area contributed by atoms with Crippen LogP contribution in [0.2, 0.25) is 0 Å². The van der Waals surface area contributed by atoms with Crippen molar-refractivity contribution >= 4 is 16.0 Å². The van der Waals surface area contributed by atoms with Gasteiger partial charge in [-0.1, -0.05) is 0 Å². The van der Waals surface area contributed by atoms with Crippen molar-refractivity contribution in [1.82, 2.24) is 4.72 Å². The molecule has 1 atom stereocenters. The highest BCUT2D eigenvalue weighted by Crippen LogP contribution is 2.13. The second-order valence-electron chi connectivity index (χ2n) is 4.82. The van der Waals surface area contributed by atoms with Gasteiger partial charge in [0.15, 0.2) is 0 Å². The Labute approximate surface area is 129 Å². The number of carbonyl (C=O) groups excluding carboxylic acids is 1. The average Bonchev–Trinajstić information content (AvgIpc) is 2.98. The van der Waals surface area contributed by atoms with Crippen LogP contribution in [0.5, 0.6) is 0 Å². The van der Waals surface area contributed by atoms with E-state index in [0.29, 0.717) is 17.7 Å². The molecule has 1 heterocycles. The number of esters is 1. The predicted molar refractivity (Wildman–Crippen MR) is 80.0 cm³/mol. The van der Waals surface area contributed by atoms with E-state index in [1.807, 2.05) is 0 Å². The Hall–Kier alpha value is -2.12. The van der Waals surface area contributed by atoms with Crippen LogP contribution in [-0.2, 0) is 21.2 Å². The molecule has 0 aliphatic carbocycles. The zero-order chi connectivity index (χ0) is 16.2. The molecule has 0 aliphatic heterocycles. The molecule has 0 spiro atoms. The first kappa shape index (κ1) is 16.3. The van der Waals surface area contributed by atoms with Crippen LogP contribution in [0.1, 0.15) is 23.0 Å². The maximum atomic E-state index is 12.3. The van der Waals surface area contributed by atoms with Crippen molar-refractivity contribution in [3.63, 3.8) is 0 Å². The van der Waals surface area contributed by atoms with E-state index in [0.717, 1.165) is 0 Å². The largest absolute Gasteiger partial charge is 0.469 e. The van der Waals surface area contributed by atoms with Crippen LogP contribution in [0.15, 0.2) is 52.0 Å². The van der Waals surface area contributed by atoms with Gasteiger partial charge in [0, 0.05) is 12.5 Å². The molecule has 0 fully saturated rings. The third-order valence-electron chi connectivity index (χ3n) is 3.03. The van der Waals surface area contributed by atoms with Gasteiger partial charge in [0.05, 0.1) is 23.8 Å². The Morgan fingerprint density at radius 3 is 2.50 bits per heavy atom. The van der Waals surface area contributed by atoms with Crippen molar-refractivity contribution in [3.05, 3.63) is 54.0 Å². The number of furan rings is 1. The predicted octanol–water partition coefficient (Wildman–Crippen LogP) is 1.98. The first-order chi connectivity index (χ1) is 10.4. The third kappa shape index (κ3) is 3.96. The van der Waals surface area contributed by atoms with Gasteiger partial charge >= 0.3 is 5.97 Å². The fourth-order valence-electron chi connectivity index (χ4n) is 1.99. The number of hydrogen-bond acceptors (Lipinski definition) is 5. The summed E-state index contributed by atoms with van der Waals surface area (Å²) in [7, 11) is -2.39. The number of hydrogen-bond donors (Lipinski definition) is 1. The van der Waals surface area contributed by atoms with E-state index in [-0.39, 0.29) is 10.9 Å². The molecule has 22 heavy (non-hydrogen) atoms. The van der Waals surface area contributed by atoms with Crippen LogP contribution < -0.4 is 4.72 Å². The summed E-state index contributed by atoms with van der Waals surface area (Å²) < 4.78 is 36.9. The molecule has 0 amide bonds. The fourth-order valence-corrected chi connectivity index (χ4v) is 3.24. The molecule has 1 aromatic carbocycles. The second kappa shape index (κ2) is 6.76. The standard InChI is InChI=1S/C15H17NO5S/c1-11(10-13-4-3-9-21-13)16-22(18,19)14-7-5-12(6-8-14)15(17)20-2/h3-9,11,16H,10H2,1-2H3/t11-/m1/s1. The summed E-state index contributed by atoms with van der Waals surface area (Å²) in [6, 6.07) is 8.78. The van der Waals surface area contributed by atoms with Crippen LogP contribution in [0.3, 0.4) is 0 Å². The molecule has 0 saturated carbocycles. The minimum Gasteiger partial charge on any atom is -0.469 e. The fraction of sp³-hybridized carbons (Fsp3) is 0.267. The van der Waals surface area contributed by atoms with Crippen molar-refractivity contribution in [1.29, 1.82) is 0 Å². The number of sulfonamides is 1. The zero-order valence-electron chi connectivity index (χ0n) is 12.3.